The van der Waals surface area contributed by atoms with Crippen LogP contribution in [0.3, 0.4) is 0 Å². The predicted molar refractivity (Wildman–Crippen MR) is 137 cm³/mol. The molecule has 0 heterocycles. The number of hydrogen-bond acceptors (Lipinski definition) is 1. The van der Waals surface area contributed by atoms with Gasteiger partial charge in [-0.05, 0) is 98.7 Å². The summed E-state index contributed by atoms with van der Waals surface area (Å²) in [6, 6.07) is 0. The predicted octanol–water partition coefficient (Wildman–Crippen LogP) is 9.05. The first-order valence-electron chi connectivity index (χ1n) is 13.7. The molecular weight excluding hydrogens is 376 g/mol. The highest BCUT2D eigenvalue weighted by molar-refractivity contribution is 5.14. The first-order valence-corrected chi connectivity index (χ1v) is 13.7. The van der Waals surface area contributed by atoms with Crippen LogP contribution in [0.15, 0.2) is 12.2 Å². The van der Waals surface area contributed by atoms with Crippen molar-refractivity contribution < 1.29 is 5.11 Å². The summed E-state index contributed by atoms with van der Waals surface area (Å²) >= 11 is 0. The SMILES string of the molecule is C=C(C)[C@](C)(CCC(C)C)C1CC[C@@]2(C)C(CC[C@@H]2[C@@](C)(O)CCCC(C)C)C1CC. The van der Waals surface area contributed by atoms with Crippen LogP contribution in [-0.2, 0) is 0 Å². The molecule has 3 unspecified atom stereocenters. The molecule has 1 nitrogen and oxygen atoms in total. The summed E-state index contributed by atoms with van der Waals surface area (Å²) in [6.45, 7) is 25.8. The molecule has 0 amide bonds. The summed E-state index contributed by atoms with van der Waals surface area (Å²) in [4.78, 5) is 0. The highest BCUT2D eigenvalue weighted by atomic mass is 16.3. The van der Waals surface area contributed by atoms with E-state index in [2.05, 4.69) is 68.9 Å². The molecule has 0 radical (unpaired) electrons. The van der Waals surface area contributed by atoms with Crippen LogP contribution in [0.2, 0.25) is 0 Å². The summed E-state index contributed by atoms with van der Waals surface area (Å²) in [6.07, 6.45) is 12.3. The van der Waals surface area contributed by atoms with Crippen molar-refractivity contribution in [2.24, 2.45) is 46.3 Å². The first kappa shape index (κ1) is 26.9. The van der Waals surface area contributed by atoms with Gasteiger partial charge in [-0.25, -0.2) is 0 Å². The maximum atomic E-state index is 11.6. The van der Waals surface area contributed by atoms with Gasteiger partial charge >= 0.3 is 0 Å². The summed E-state index contributed by atoms with van der Waals surface area (Å²) < 4.78 is 0. The van der Waals surface area contributed by atoms with Crippen LogP contribution in [0, 0.1) is 46.3 Å². The second-order valence-corrected chi connectivity index (χ2v) is 13.2. The van der Waals surface area contributed by atoms with Gasteiger partial charge in [0.2, 0.25) is 0 Å². The number of rotatable bonds is 11. The Hall–Kier alpha value is -0.300. The zero-order chi connectivity index (χ0) is 23.6. The largest absolute Gasteiger partial charge is 0.390 e. The van der Waals surface area contributed by atoms with Gasteiger partial charge in [0, 0.05) is 0 Å². The molecule has 0 aromatic heterocycles. The third kappa shape index (κ3) is 5.62. The van der Waals surface area contributed by atoms with Crippen LogP contribution in [0.4, 0.5) is 0 Å². The van der Waals surface area contributed by atoms with Crippen LogP contribution >= 0.6 is 0 Å². The van der Waals surface area contributed by atoms with Crippen LogP contribution in [-0.4, -0.2) is 10.7 Å². The van der Waals surface area contributed by atoms with E-state index in [4.69, 9.17) is 0 Å². The minimum absolute atomic E-state index is 0.254. The average Bonchev–Trinajstić information content (AvgIpc) is 3.02. The van der Waals surface area contributed by atoms with Gasteiger partial charge in [0.15, 0.2) is 0 Å². The van der Waals surface area contributed by atoms with Gasteiger partial charge < -0.3 is 5.11 Å². The minimum Gasteiger partial charge on any atom is -0.390 e. The van der Waals surface area contributed by atoms with E-state index in [1.807, 2.05) is 0 Å². The van der Waals surface area contributed by atoms with Crippen molar-refractivity contribution in [3.63, 3.8) is 0 Å². The highest BCUT2D eigenvalue weighted by Crippen LogP contribution is 2.65. The van der Waals surface area contributed by atoms with Gasteiger partial charge in [0.05, 0.1) is 5.60 Å². The van der Waals surface area contributed by atoms with Crippen LogP contribution in [0.25, 0.3) is 0 Å². The number of fused-ring (bicyclic) bond motifs is 1. The van der Waals surface area contributed by atoms with E-state index in [1.54, 1.807) is 0 Å². The number of hydrogen-bond donors (Lipinski definition) is 1. The van der Waals surface area contributed by atoms with Gasteiger partial charge in [0.1, 0.15) is 0 Å². The standard InChI is InChI=1S/C30H56O/c1-11-24-25-14-15-27(30(10,31)18-12-13-21(2)3)29(25,9)20-17-26(24)28(8,23(6)7)19-16-22(4)5/h21-22,24-27,31H,6,11-20H2,1-5,7-10H3/t24?,25?,26?,27-,28-,29-,30-/m0/s1. The fraction of sp³-hybridized carbons (Fsp3) is 0.933. The van der Waals surface area contributed by atoms with Crippen molar-refractivity contribution in [1.82, 2.24) is 0 Å². The van der Waals surface area contributed by atoms with E-state index < -0.39 is 5.60 Å². The van der Waals surface area contributed by atoms with E-state index >= 15 is 0 Å². The zero-order valence-corrected chi connectivity index (χ0v) is 22.7. The normalized spacial score (nSPS) is 35.1. The van der Waals surface area contributed by atoms with Crippen molar-refractivity contribution in [3.05, 3.63) is 12.2 Å². The molecule has 7 atom stereocenters. The zero-order valence-electron chi connectivity index (χ0n) is 22.7. The lowest BCUT2D eigenvalue weighted by Gasteiger charge is -2.56. The summed E-state index contributed by atoms with van der Waals surface area (Å²) in [5, 5.41) is 11.6. The second-order valence-electron chi connectivity index (χ2n) is 13.2. The van der Waals surface area contributed by atoms with E-state index in [0.717, 1.165) is 42.4 Å². The molecule has 1 N–H and O–H groups in total. The lowest BCUT2D eigenvalue weighted by atomic mass is 9.49. The molecule has 182 valence electrons. The number of allylic oxidation sites excluding steroid dienone is 1. The van der Waals surface area contributed by atoms with Crippen LogP contribution < -0.4 is 0 Å². The van der Waals surface area contributed by atoms with Crippen molar-refractivity contribution in [2.45, 2.75) is 132 Å². The van der Waals surface area contributed by atoms with E-state index in [-0.39, 0.29) is 5.41 Å². The molecule has 1 heteroatoms. The minimum atomic E-state index is -0.515. The van der Waals surface area contributed by atoms with E-state index in [9.17, 15) is 5.11 Å². The molecule has 2 saturated carbocycles. The maximum absolute atomic E-state index is 11.6. The Bertz CT molecular complexity index is 587. The molecule has 0 aliphatic heterocycles. The average molecular weight is 433 g/mol. The molecule has 0 bridgehead atoms. The van der Waals surface area contributed by atoms with Gasteiger partial charge in [-0.1, -0.05) is 86.3 Å². The molecule has 0 aromatic carbocycles. The lowest BCUT2D eigenvalue weighted by molar-refractivity contribution is -0.101. The van der Waals surface area contributed by atoms with E-state index in [1.165, 1.54) is 56.9 Å². The molecule has 2 fully saturated rings. The van der Waals surface area contributed by atoms with Gasteiger partial charge in [-0.3, -0.25) is 0 Å². The van der Waals surface area contributed by atoms with Crippen LogP contribution in [0.1, 0.15) is 127 Å². The fourth-order valence-corrected chi connectivity index (χ4v) is 8.02. The Balaban J connectivity index is 2.24. The second kappa shape index (κ2) is 10.3. The first-order chi connectivity index (χ1) is 14.3. The number of aliphatic hydroxyl groups is 1. The Labute approximate surface area is 195 Å². The third-order valence-electron chi connectivity index (χ3n) is 10.2. The van der Waals surface area contributed by atoms with Crippen molar-refractivity contribution in [2.75, 3.05) is 0 Å². The lowest BCUT2D eigenvalue weighted by Crippen LogP contribution is -2.51. The molecular formula is C30H56O. The Morgan fingerprint density at radius 2 is 1.65 bits per heavy atom. The summed E-state index contributed by atoms with van der Waals surface area (Å²) in [7, 11) is 0. The molecule has 2 rings (SSSR count). The molecule has 2 aliphatic rings. The van der Waals surface area contributed by atoms with Crippen molar-refractivity contribution in [3.8, 4) is 0 Å². The van der Waals surface area contributed by atoms with E-state index in [0.29, 0.717) is 11.3 Å². The molecule has 2 aliphatic carbocycles. The molecule has 0 spiro atoms. The Morgan fingerprint density at radius 1 is 1.03 bits per heavy atom. The fourth-order valence-electron chi connectivity index (χ4n) is 8.02. The molecule has 31 heavy (non-hydrogen) atoms. The van der Waals surface area contributed by atoms with Gasteiger partial charge in [-0.15, -0.1) is 0 Å². The van der Waals surface area contributed by atoms with Gasteiger partial charge in [-0.2, -0.15) is 0 Å². The van der Waals surface area contributed by atoms with Crippen molar-refractivity contribution >= 4 is 0 Å². The monoisotopic (exact) mass is 432 g/mol. The van der Waals surface area contributed by atoms with Gasteiger partial charge in [0.25, 0.3) is 0 Å². The molecule has 0 aromatic rings. The quantitative estimate of drug-likeness (QED) is 0.323. The highest BCUT2D eigenvalue weighted by Gasteiger charge is 2.59. The summed E-state index contributed by atoms with van der Waals surface area (Å²) in [5.41, 5.74) is 1.44. The third-order valence-corrected chi connectivity index (χ3v) is 10.2. The molecule has 0 saturated heterocycles. The smallest absolute Gasteiger partial charge is 0.0653 e. The van der Waals surface area contributed by atoms with Crippen LogP contribution in [0.5, 0.6) is 0 Å². The Kier molecular flexibility index (Phi) is 8.97. The topological polar surface area (TPSA) is 20.2 Å². The Morgan fingerprint density at radius 3 is 2.16 bits per heavy atom. The summed E-state index contributed by atoms with van der Waals surface area (Å²) in [5.74, 6) is 4.22. The maximum Gasteiger partial charge on any atom is 0.0653 e. The van der Waals surface area contributed by atoms with Crippen molar-refractivity contribution in [1.29, 1.82) is 0 Å².